The van der Waals surface area contributed by atoms with E-state index < -0.39 is 0 Å². The summed E-state index contributed by atoms with van der Waals surface area (Å²) in [6.07, 6.45) is 0. The lowest BCUT2D eigenvalue weighted by molar-refractivity contribution is 0.322. The number of nitrogens with zero attached hydrogens (tertiary/aromatic N) is 1. The van der Waals surface area contributed by atoms with Gasteiger partial charge in [-0.05, 0) is 29.8 Å². The maximum Gasteiger partial charge on any atom is 0.203 e. The minimum Gasteiger partial charge on any atom is -0.497 e. The van der Waals surface area contributed by atoms with Gasteiger partial charge in [0, 0.05) is 25.7 Å². The normalized spacial score (nSPS) is 10.9. The van der Waals surface area contributed by atoms with E-state index in [1.807, 2.05) is 36.4 Å². The number of nitrogens with one attached hydrogen (secondary N) is 2. The summed E-state index contributed by atoms with van der Waals surface area (Å²) in [5.74, 6) is 3.35. The highest BCUT2D eigenvalue weighted by Crippen LogP contribution is 2.39. The predicted octanol–water partition coefficient (Wildman–Crippen LogP) is 2.59. The van der Waals surface area contributed by atoms with E-state index in [9.17, 15) is 0 Å². The van der Waals surface area contributed by atoms with E-state index in [2.05, 4.69) is 15.6 Å². The largest absolute Gasteiger partial charge is 0.497 e. The van der Waals surface area contributed by atoms with E-state index in [-0.39, 0.29) is 0 Å². The van der Waals surface area contributed by atoms with Gasteiger partial charge in [0.25, 0.3) is 0 Å². The summed E-state index contributed by atoms with van der Waals surface area (Å²) >= 11 is 0. The van der Waals surface area contributed by atoms with E-state index in [1.165, 1.54) is 0 Å². The van der Waals surface area contributed by atoms with E-state index in [4.69, 9.17) is 18.9 Å². The van der Waals surface area contributed by atoms with E-state index in [0.717, 1.165) is 16.9 Å². The molecule has 2 aromatic rings. The fourth-order valence-corrected chi connectivity index (χ4v) is 2.63. The number of guanidine groups is 1. The fourth-order valence-electron chi connectivity index (χ4n) is 2.63. The second kappa shape index (κ2) is 10.2. The summed E-state index contributed by atoms with van der Waals surface area (Å²) in [7, 11) is 8.18. The second-order valence-corrected chi connectivity index (χ2v) is 5.62. The van der Waals surface area contributed by atoms with Gasteiger partial charge in [-0.25, -0.2) is 0 Å². The van der Waals surface area contributed by atoms with Gasteiger partial charge in [0.15, 0.2) is 17.5 Å². The van der Waals surface area contributed by atoms with Crippen molar-refractivity contribution in [2.24, 2.45) is 4.99 Å². The monoisotopic (exact) mass is 373 g/mol. The number of methoxy groups -OCH3 is 4. The van der Waals surface area contributed by atoms with E-state index >= 15 is 0 Å². The first-order valence-electron chi connectivity index (χ1n) is 8.52. The summed E-state index contributed by atoms with van der Waals surface area (Å²) in [4.78, 5) is 4.26. The Morgan fingerprint density at radius 2 is 1.44 bits per heavy atom. The molecule has 2 N–H and O–H groups in total. The average molecular weight is 373 g/mol. The van der Waals surface area contributed by atoms with Gasteiger partial charge in [-0.2, -0.15) is 0 Å². The summed E-state index contributed by atoms with van der Waals surface area (Å²) in [6, 6.07) is 11.7. The van der Waals surface area contributed by atoms with Crippen LogP contribution in [0.25, 0.3) is 0 Å². The maximum absolute atomic E-state index is 5.51. The molecule has 0 spiro atoms. The number of hydrogen-bond acceptors (Lipinski definition) is 5. The predicted molar refractivity (Wildman–Crippen MR) is 106 cm³/mol. The van der Waals surface area contributed by atoms with Crippen molar-refractivity contribution in [1.82, 2.24) is 10.6 Å². The quantitative estimate of drug-likeness (QED) is 0.547. The Morgan fingerprint density at radius 1 is 0.778 bits per heavy atom. The van der Waals surface area contributed by atoms with Crippen LogP contribution in [0.3, 0.4) is 0 Å². The topological polar surface area (TPSA) is 73.3 Å². The zero-order valence-electron chi connectivity index (χ0n) is 16.5. The Hall–Kier alpha value is -3.09. The van der Waals surface area contributed by atoms with Crippen LogP contribution in [0.1, 0.15) is 11.1 Å². The number of hydrogen-bond donors (Lipinski definition) is 2. The average Bonchev–Trinajstić information content (AvgIpc) is 2.73. The number of rotatable bonds is 8. The molecule has 2 aromatic carbocycles. The van der Waals surface area contributed by atoms with Crippen LogP contribution in [0.2, 0.25) is 0 Å². The van der Waals surface area contributed by atoms with Crippen molar-refractivity contribution >= 4 is 5.96 Å². The number of benzene rings is 2. The lowest BCUT2D eigenvalue weighted by Gasteiger charge is -2.17. The highest BCUT2D eigenvalue weighted by atomic mass is 16.5. The minimum absolute atomic E-state index is 0.520. The molecule has 0 heterocycles. The van der Waals surface area contributed by atoms with Crippen molar-refractivity contribution in [3.63, 3.8) is 0 Å². The van der Waals surface area contributed by atoms with Crippen LogP contribution < -0.4 is 29.6 Å². The van der Waals surface area contributed by atoms with E-state index in [1.54, 1.807) is 35.5 Å². The molecule has 0 fully saturated rings. The van der Waals surface area contributed by atoms with Crippen molar-refractivity contribution in [3.8, 4) is 23.0 Å². The first-order chi connectivity index (χ1) is 13.2. The molecule has 0 amide bonds. The molecular weight excluding hydrogens is 346 g/mol. The van der Waals surface area contributed by atoms with E-state index in [0.29, 0.717) is 36.3 Å². The Morgan fingerprint density at radius 3 is 2.00 bits per heavy atom. The van der Waals surface area contributed by atoms with Gasteiger partial charge in [0.05, 0.1) is 28.4 Å². The van der Waals surface area contributed by atoms with Gasteiger partial charge in [-0.3, -0.25) is 4.99 Å². The van der Waals surface area contributed by atoms with Gasteiger partial charge in [0.2, 0.25) is 5.75 Å². The molecule has 0 atom stereocenters. The molecule has 0 aliphatic heterocycles. The molecule has 2 rings (SSSR count). The Balaban J connectivity index is 2.01. The Bertz CT molecular complexity index is 761. The first kappa shape index (κ1) is 20.2. The molecule has 7 heteroatoms. The second-order valence-electron chi connectivity index (χ2n) is 5.62. The highest BCUT2D eigenvalue weighted by molar-refractivity contribution is 5.79. The van der Waals surface area contributed by atoms with Crippen LogP contribution >= 0.6 is 0 Å². The van der Waals surface area contributed by atoms with Crippen LogP contribution in [0.4, 0.5) is 0 Å². The van der Waals surface area contributed by atoms with Crippen molar-refractivity contribution in [2.75, 3.05) is 35.5 Å². The molecular formula is C20H27N3O4. The first-order valence-corrected chi connectivity index (χ1v) is 8.52. The van der Waals surface area contributed by atoms with Crippen molar-refractivity contribution in [1.29, 1.82) is 0 Å². The molecule has 146 valence electrons. The number of ether oxygens (including phenoxy) is 4. The van der Waals surface area contributed by atoms with Crippen LogP contribution in [-0.4, -0.2) is 41.4 Å². The van der Waals surface area contributed by atoms with Gasteiger partial charge in [-0.1, -0.05) is 12.1 Å². The Labute approximate surface area is 160 Å². The SMILES string of the molecule is CN=C(NCc1ccc(OC)cc1)NCc1ccc(OC)c(OC)c1OC. The molecule has 0 saturated carbocycles. The molecule has 0 unspecified atom stereocenters. The lowest BCUT2D eigenvalue weighted by atomic mass is 10.1. The zero-order chi connectivity index (χ0) is 19.6. The van der Waals surface area contributed by atoms with Gasteiger partial charge >= 0.3 is 0 Å². The third kappa shape index (κ3) is 5.20. The zero-order valence-corrected chi connectivity index (χ0v) is 16.5. The van der Waals surface area contributed by atoms with Crippen molar-refractivity contribution < 1.29 is 18.9 Å². The molecule has 0 aliphatic rings. The summed E-state index contributed by atoms with van der Waals surface area (Å²) in [5.41, 5.74) is 2.06. The van der Waals surface area contributed by atoms with Crippen LogP contribution in [0.15, 0.2) is 41.4 Å². The molecule has 0 bridgehead atoms. The molecule has 0 saturated heterocycles. The van der Waals surface area contributed by atoms with Gasteiger partial charge < -0.3 is 29.6 Å². The lowest BCUT2D eigenvalue weighted by Crippen LogP contribution is -2.36. The standard InChI is InChI=1S/C20H27N3O4/c1-21-20(22-12-14-6-9-16(24-2)10-7-14)23-13-15-8-11-17(25-3)19(27-5)18(15)26-4/h6-11H,12-13H2,1-5H3,(H2,21,22,23). The van der Waals surface area contributed by atoms with Gasteiger partial charge in [-0.15, -0.1) is 0 Å². The fraction of sp³-hybridized carbons (Fsp3) is 0.350. The summed E-state index contributed by atoms with van der Waals surface area (Å²) in [6.45, 7) is 1.17. The Kier molecular flexibility index (Phi) is 7.61. The van der Waals surface area contributed by atoms with Gasteiger partial charge in [0.1, 0.15) is 5.75 Å². The minimum atomic E-state index is 0.520. The molecule has 0 radical (unpaired) electrons. The summed E-state index contributed by atoms with van der Waals surface area (Å²) < 4.78 is 21.4. The van der Waals surface area contributed by atoms with Crippen molar-refractivity contribution in [3.05, 3.63) is 47.5 Å². The molecule has 0 aromatic heterocycles. The molecule has 27 heavy (non-hydrogen) atoms. The third-order valence-electron chi connectivity index (χ3n) is 4.07. The third-order valence-corrected chi connectivity index (χ3v) is 4.07. The smallest absolute Gasteiger partial charge is 0.203 e. The van der Waals surface area contributed by atoms with Crippen LogP contribution in [-0.2, 0) is 13.1 Å². The summed E-state index contributed by atoms with van der Waals surface area (Å²) in [5, 5.41) is 6.56. The van der Waals surface area contributed by atoms with Crippen LogP contribution in [0, 0.1) is 0 Å². The highest BCUT2D eigenvalue weighted by Gasteiger charge is 2.15. The molecule has 7 nitrogen and oxygen atoms in total. The van der Waals surface area contributed by atoms with Crippen LogP contribution in [0.5, 0.6) is 23.0 Å². The molecule has 0 aliphatic carbocycles. The number of aliphatic imine (C=N–C) groups is 1. The van der Waals surface area contributed by atoms with Crippen molar-refractivity contribution in [2.45, 2.75) is 13.1 Å². The maximum atomic E-state index is 5.51.